The number of nitrogens with two attached hydrogens (primary N) is 1. The molecular formula is C14H25ClN4O. The van der Waals surface area contributed by atoms with Gasteiger partial charge in [0, 0.05) is 37.3 Å². The van der Waals surface area contributed by atoms with Crippen molar-refractivity contribution >= 4 is 18.3 Å². The van der Waals surface area contributed by atoms with E-state index in [9.17, 15) is 4.79 Å². The van der Waals surface area contributed by atoms with Gasteiger partial charge in [-0.1, -0.05) is 6.42 Å². The molecule has 1 aromatic rings. The van der Waals surface area contributed by atoms with Gasteiger partial charge in [0.25, 0.3) is 0 Å². The summed E-state index contributed by atoms with van der Waals surface area (Å²) in [5.41, 5.74) is 9.20. The second-order valence-electron chi connectivity index (χ2n) is 5.61. The Bertz CT molecular complexity index is 472. The zero-order valence-electron chi connectivity index (χ0n) is 12.5. The van der Waals surface area contributed by atoms with E-state index in [0.717, 1.165) is 36.2 Å². The topological polar surface area (TPSA) is 72.9 Å². The first-order chi connectivity index (χ1) is 8.99. The molecule has 0 aliphatic heterocycles. The van der Waals surface area contributed by atoms with Gasteiger partial charge >= 0.3 is 0 Å². The van der Waals surface area contributed by atoms with Crippen LogP contribution in [0.5, 0.6) is 0 Å². The van der Waals surface area contributed by atoms with Gasteiger partial charge in [-0.2, -0.15) is 5.10 Å². The van der Waals surface area contributed by atoms with Gasteiger partial charge in [0.05, 0.1) is 5.69 Å². The minimum atomic E-state index is 0. The lowest BCUT2D eigenvalue weighted by Gasteiger charge is -2.14. The van der Waals surface area contributed by atoms with E-state index >= 15 is 0 Å². The molecule has 1 aromatic heterocycles. The van der Waals surface area contributed by atoms with Crippen molar-refractivity contribution in [1.82, 2.24) is 15.1 Å². The highest BCUT2D eigenvalue weighted by Crippen LogP contribution is 2.26. The van der Waals surface area contributed by atoms with Crippen molar-refractivity contribution in [2.75, 3.05) is 0 Å². The van der Waals surface area contributed by atoms with Crippen LogP contribution in [0.1, 0.15) is 42.6 Å². The van der Waals surface area contributed by atoms with Gasteiger partial charge in [0.2, 0.25) is 5.91 Å². The summed E-state index contributed by atoms with van der Waals surface area (Å²) < 4.78 is 1.85. The van der Waals surface area contributed by atoms with E-state index in [-0.39, 0.29) is 24.4 Å². The summed E-state index contributed by atoms with van der Waals surface area (Å²) >= 11 is 0. The third-order valence-corrected chi connectivity index (χ3v) is 4.29. The van der Waals surface area contributed by atoms with Crippen molar-refractivity contribution in [2.24, 2.45) is 18.7 Å². The van der Waals surface area contributed by atoms with E-state index in [1.807, 2.05) is 25.6 Å². The fourth-order valence-electron chi connectivity index (χ4n) is 2.89. The molecular weight excluding hydrogens is 276 g/mol. The van der Waals surface area contributed by atoms with E-state index in [1.165, 1.54) is 0 Å². The number of rotatable bonds is 4. The Morgan fingerprint density at radius 1 is 1.45 bits per heavy atom. The lowest BCUT2D eigenvalue weighted by Crippen LogP contribution is -2.31. The molecule has 0 saturated heterocycles. The van der Waals surface area contributed by atoms with Crippen molar-refractivity contribution in [3.63, 3.8) is 0 Å². The van der Waals surface area contributed by atoms with Crippen LogP contribution in [0.2, 0.25) is 0 Å². The maximum atomic E-state index is 12.0. The highest BCUT2D eigenvalue weighted by molar-refractivity contribution is 5.85. The molecule has 1 aliphatic carbocycles. The summed E-state index contributed by atoms with van der Waals surface area (Å²) in [5.74, 6) is 0.459. The monoisotopic (exact) mass is 300 g/mol. The molecule has 1 fully saturated rings. The predicted octanol–water partition coefficient (Wildman–Crippen LogP) is 1.59. The molecule has 1 heterocycles. The Hall–Kier alpha value is -1.07. The summed E-state index contributed by atoms with van der Waals surface area (Å²) in [4.78, 5) is 12.0. The summed E-state index contributed by atoms with van der Waals surface area (Å²) in [6, 6.07) is 0.201. The normalized spacial score (nSPS) is 21.6. The molecule has 0 spiro atoms. The van der Waals surface area contributed by atoms with Gasteiger partial charge in [-0.3, -0.25) is 9.48 Å². The van der Waals surface area contributed by atoms with E-state index in [4.69, 9.17) is 5.73 Å². The second kappa shape index (κ2) is 7.09. The molecule has 1 saturated carbocycles. The zero-order chi connectivity index (χ0) is 14.0. The van der Waals surface area contributed by atoms with Crippen molar-refractivity contribution < 1.29 is 4.79 Å². The fourth-order valence-corrected chi connectivity index (χ4v) is 2.89. The molecule has 6 heteroatoms. The van der Waals surface area contributed by atoms with Crippen LogP contribution in [-0.4, -0.2) is 21.7 Å². The Morgan fingerprint density at radius 3 is 2.65 bits per heavy atom. The van der Waals surface area contributed by atoms with Gasteiger partial charge in [-0.25, -0.2) is 0 Å². The summed E-state index contributed by atoms with van der Waals surface area (Å²) in [5, 5.41) is 7.34. The average Bonchev–Trinajstić information content (AvgIpc) is 2.84. The summed E-state index contributed by atoms with van der Waals surface area (Å²) in [6.45, 7) is 4.56. The second-order valence-corrected chi connectivity index (χ2v) is 5.61. The van der Waals surface area contributed by atoms with E-state index in [1.54, 1.807) is 0 Å². The van der Waals surface area contributed by atoms with Gasteiger partial charge in [0.1, 0.15) is 0 Å². The molecule has 2 rings (SSSR count). The molecule has 0 bridgehead atoms. The number of hydrogen-bond acceptors (Lipinski definition) is 3. The van der Waals surface area contributed by atoms with E-state index in [2.05, 4.69) is 10.4 Å². The van der Waals surface area contributed by atoms with Crippen molar-refractivity contribution in [1.29, 1.82) is 0 Å². The fraction of sp³-hybridized carbons (Fsp3) is 0.714. The number of carbonyl (C=O) groups excluding carboxylic acids is 1. The van der Waals surface area contributed by atoms with Crippen molar-refractivity contribution in [2.45, 2.75) is 52.1 Å². The van der Waals surface area contributed by atoms with Crippen LogP contribution >= 0.6 is 12.4 Å². The Labute approximate surface area is 126 Å². The van der Waals surface area contributed by atoms with Gasteiger partial charge < -0.3 is 11.1 Å². The van der Waals surface area contributed by atoms with Crippen molar-refractivity contribution in [3.05, 3.63) is 17.0 Å². The standard InChI is InChI=1S/C14H24N4O.ClH/c1-9-12(10(2)18(3)17-9)8-16-14(19)7-11-5-4-6-13(11)15;/h11,13H,4-8,15H2,1-3H3,(H,16,19);1H/t11-,13+;/m0./s1. The predicted molar refractivity (Wildman–Crippen MR) is 81.7 cm³/mol. The first-order valence-electron chi connectivity index (χ1n) is 7.00. The van der Waals surface area contributed by atoms with Crippen LogP contribution in [0.25, 0.3) is 0 Å². The maximum absolute atomic E-state index is 12.0. The third kappa shape index (κ3) is 3.73. The molecule has 20 heavy (non-hydrogen) atoms. The number of amides is 1. The smallest absolute Gasteiger partial charge is 0.220 e. The number of carbonyl (C=O) groups is 1. The number of hydrogen-bond donors (Lipinski definition) is 2. The van der Waals surface area contributed by atoms with Crippen LogP contribution < -0.4 is 11.1 Å². The van der Waals surface area contributed by atoms with Crippen LogP contribution in [0.15, 0.2) is 0 Å². The van der Waals surface area contributed by atoms with E-state index in [0.29, 0.717) is 18.9 Å². The largest absolute Gasteiger partial charge is 0.352 e. The van der Waals surface area contributed by atoms with Crippen LogP contribution in [-0.2, 0) is 18.4 Å². The average molecular weight is 301 g/mol. The Balaban J connectivity index is 0.00000200. The first kappa shape index (κ1) is 17.0. The number of halogens is 1. The van der Waals surface area contributed by atoms with Crippen LogP contribution in [0, 0.1) is 19.8 Å². The number of aromatic nitrogens is 2. The number of aryl methyl sites for hydroxylation is 2. The molecule has 0 unspecified atom stereocenters. The van der Waals surface area contributed by atoms with E-state index < -0.39 is 0 Å². The first-order valence-corrected chi connectivity index (χ1v) is 7.00. The molecule has 0 aromatic carbocycles. The molecule has 0 radical (unpaired) electrons. The van der Waals surface area contributed by atoms with Gasteiger partial charge in [0.15, 0.2) is 0 Å². The highest BCUT2D eigenvalue weighted by Gasteiger charge is 2.26. The molecule has 3 N–H and O–H groups in total. The molecule has 5 nitrogen and oxygen atoms in total. The minimum absolute atomic E-state index is 0. The van der Waals surface area contributed by atoms with Crippen molar-refractivity contribution in [3.8, 4) is 0 Å². The van der Waals surface area contributed by atoms with Gasteiger partial charge in [-0.05, 0) is 32.6 Å². The zero-order valence-corrected chi connectivity index (χ0v) is 13.3. The highest BCUT2D eigenvalue weighted by atomic mass is 35.5. The van der Waals surface area contributed by atoms with Crippen LogP contribution in [0.3, 0.4) is 0 Å². The van der Waals surface area contributed by atoms with Crippen LogP contribution in [0.4, 0.5) is 0 Å². The lowest BCUT2D eigenvalue weighted by molar-refractivity contribution is -0.122. The molecule has 2 atom stereocenters. The summed E-state index contributed by atoms with van der Waals surface area (Å²) in [7, 11) is 1.92. The number of nitrogens with zero attached hydrogens (tertiary/aromatic N) is 2. The summed E-state index contributed by atoms with van der Waals surface area (Å²) in [6.07, 6.45) is 3.85. The maximum Gasteiger partial charge on any atom is 0.220 e. The lowest BCUT2D eigenvalue weighted by atomic mass is 10.00. The third-order valence-electron chi connectivity index (χ3n) is 4.29. The SMILES string of the molecule is Cc1nn(C)c(C)c1CNC(=O)C[C@@H]1CCC[C@H]1N.Cl. The Morgan fingerprint density at radius 2 is 2.15 bits per heavy atom. The molecule has 114 valence electrons. The quantitative estimate of drug-likeness (QED) is 0.887. The van der Waals surface area contributed by atoms with Gasteiger partial charge in [-0.15, -0.1) is 12.4 Å². The number of nitrogens with one attached hydrogen (secondary N) is 1. The molecule has 1 aliphatic rings. The minimum Gasteiger partial charge on any atom is -0.352 e. The molecule has 1 amide bonds. The Kier molecular flexibility index (Phi) is 6.02.